The van der Waals surface area contributed by atoms with Crippen LogP contribution in [-0.2, 0) is 7.05 Å². The smallest absolute Gasteiger partial charge is 0.273 e. The fourth-order valence-electron chi connectivity index (χ4n) is 3.28. The van der Waals surface area contributed by atoms with Crippen molar-refractivity contribution in [3.05, 3.63) is 57.0 Å². The molecule has 0 spiro atoms. The Bertz CT molecular complexity index is 964. The van der Waals surface area contributed by atoms with Crippen LogP contribution in [0.25, 0.3) is 10.9 Å². The quantitative estimate of drug-likeness (QED) is 0.718. The Morgan fingerprint density at radius 2 is 2.17 bits per heavy atom. The minimum atomic E-state index is -0.193. The zero-order valence-electron chi connectivity index (χ0n) is 13.2. The summed E-state index contributed by atoms with van der Waals surface area (Å²) in [4.78, 5) is 35.9. The number of carbonyl (C=O) groups is 1. The largest absolute Gasteiger partial charge is 0.327 e. The Morgan fingerprint density at radius 3 is 2.96 bits per heavy atom. The summed E-state index contributed by atoms with van der Waals surface area (Å²) in [5.74, 6) is 0.543. The number of rotatable bonds is 2. The van der Waals surface area contributed by atoms with E-state index in [1.165, 1.54) is 11.3 Å². The number of amides is 1. The second kappa shape index (κ2) is 5.83. The first-order chi connectivity index (χ1) is 11.7. The van der Waals surface area contributed by atoms with Crippen LogP contribution in [0.4, 0.5) is 0 Å². The molecule has 0 bridgehead atoms. The molecule has 1 amide bonds. The first-order valence-electron chi connectivity index (χ1n) is 7.81. The molecule has 122 valence electrons. The van der Waals surface area contributed by atoms with Crippen molar-refractivity contribution >= 4 is 28.1 Å². The highest BCUT2D eigenvalue weighted by atomic mass is 32.1. The minimum absolute atomic E-state index is 0.0800. The number of hydrogen-bond acceptors (Lipinski definition) is 5. The van der Waals surface area contributed by atoms with E-state index in [2.05, 4.69) is 9.97 Å². The van der Waals surface area contributed by atoms with Crippen molar-refractivity contribution in [3.8, 4) is 0 Å². The van der Waals surface area contributed by atoms with Crippen LogP contribution in [0.2, 0.25) is 0 Å². The van der Waals surface area contributed by atoms with Crippen molar-refractivity contribution in [3.63, 3.8) is 0 Å². The van der Waals surface area contributed by atoms with E-state index in [0.717, 1.165) is 12.8 Å². The number of carbonyl (C=O) groups excluding carboxylic acids is 1. The second-order valence-electron chi connectivity index (χ2n) is 5.88. The topological polar surface area (TPSA) is 68.1 Å². The zero-order valence-corrected chi connectivity index (χ0v) is 14.0. The van der Waals surface area contributed by atoms with Gasteiger partial charge in [0.2, 0.25) is 0 Å². The number of para-hydroxylation sites is 1. The predicted octanol–water partition coefficient (Wildman–Crippen LogP) is 2.37. The lowest BCUT2D eigenvalue weighted by molar-refractivity contribution is 0.0722. The lowest BCUT2D eigenvalue weighted by Gasteiger charge is -2.25. The summed E-state index contributed by atoms with van der Waals surface area (Å²) in [5, 5.41) is 2.35. The summed E-state index contributed by atoms with van der Waals surface area (Å²) in [6.45, 7) is 0.656. The van der Waals surface area contributed by atoms with Crippen molar-refractivity contribution < 1.29 is 4.79 Å². The first kappa shape index (κ1) is 15.0. The molecule has 1 aliphatic heterocycles. The van der Waals surface area contributed by atoms with Gasteiger partial charge in [0.05, 0.1) is 22.5 Å². The molecule has 0 radical (unpaired) electrons. The lowest BCUT2D eigenvalue weighted by atomic mass is 10.1. The molecule has 3 heterocycles. The number of nitrogens with zero attached hydrogens (tertiary/aromatic N) is 4. The van der Waals surface area contributed by atoms with Gasteiger partial charge in [0.1, 0.15) is 11.5 Å². The van der Waals surface area contributed by atoms with E-state index in [9.17, 15) is 9.59 Å². The van der Waals surface area contributed by atoms with Crippen molar-refractivity contribution in [2.45, 2.75) is 18.9 Å². The van der Waals surface area contributed by atoms with E-state index < -0.39 is 0 Å². The molecule has 1 aliphatic rings. The fourth-order valence-corrected chi connectivity index (χ4v) is 3.80. The Hall–Kier alpha value is -2.54. The van der Waals surface area contributed by atoms with Crippen LogP contribution in [0.3, 0.4) is 0 Å². The third-order valence-electron chi connectivity index (χ3n) is 4.48. The molecule has 3 aromatic rings. The summed E-state index contributed by atoms with van der Waals surface area (Å²) in [6.07, 6.45) is 1.69. The number of benzene rings is 1. The molecule has 0 aliphatic carbocycles. The normalized spacial score (nSPS) is 17.5. The van der Waals surface area contributed by atoms with Crippen LogP contribution in [0.15, 0.2) is 40.0 Å². The summed E-state index contributed by atoms with van der Waals surface area (Å²) >= 11 is 1.40. The molecule has 1 aromatic carbocycles. The fraction of sp³-hybridized carbons (Fsp3) is 0.294. The van der Waals surface area contributed by atoms with Crippen molar-refractivity contribution in [2.24, 2.45) is 7.05 Å². The van der Waals surface area contributed by atoms with Crippen LogP contribution in [0, 0.1) is 0 Å². The molecule has 2 aromatic heterocycles. The van der Waals surface area contributed by atoms with E-state index in [-0.39, 0.29) is 17.5 Å². The van der Waals surface area contributed by atoms with Crippen LogP contribution in [0.1, 0.15) is 35.2 Å². The van der Waals surface area contributed by atoms with Gasteiger partial charge in [0, 0.05) is 19.0 Å². The Labute approximate surface area is 142 Å². The Kier molecular flexibility index (Phi) is 3.65. The molecule has 24 heavy (non-hydrogen) atoms. The van der Waals surface area contributed by atoms with Gasteiger partial charge in [-0.15, -0.1) is 11.3 Å². The van der Waals surface area contributed by atoms with Gasteiger partial charge >= 0.3 is 0 Å². The average molecular weight is 340 g/mol. The van der Waals surface area contributed by atoms with Crippen LogP contribution < -0.4 is 5.56 Å². The number of hydrogen-bond donors (Lipinski definition) is 0. The van der Waals surface area contributed by atoms with Gasteiger partial charge < -0.3 is 4.90 Å². The summed E-state index contributed by atoms with van der Waals surface area (Å²) < 4.78 is 1.57. The third kappa shape index (κ3) is 2.32. The van der Waals surface area contributed by atoms with E-state index >= 15 is 0 Å². The summed E-state index contributed by atoms with van der Waals surface area (Å²) in [7, 11) is 1.72. The van der Waals surface area contributed by atoms with Crippen molar-refractivity contribution in [1.29, 1.82) is 0 Å². The second-order valence-corrected chi connectivity index (χ2v) is 6.60. The SMILES string of the molecule is Cn1c(C2CCCN2C(=O)c2cscn2)nc2ccccc2c1=O. The maximum atomic E-state index is 12.7. The Balaban J connectivity index is 1.80. The zero-order chi connectivity index (χ0) is 16.7. The number of aromatic nitrogens is 3. The maximum absolute atomic E-state index is 12.7. The predicted molar refractivity (Wildman–Crippen MR) is 92.1 cm³/mol. The van der Waals surface area contributed by atoms with E-state index in [4.69, 9.17) is 0 Å². The molecule has 1 saturated heterocycles. The average Bonchev–Trinajstić information content (AvgIpc) is 3.29. The van der Waals surface area contributed by atoms with E-state index in [1.54, 1.807) is 33.5 Å². The van der Waals surface area contributed by atoms with Crippen LogP contribution >= 0.6 is 11.3 Å². The molecule has 1 fully saturated rings. The molecule has 4 rings (SSSR count). The van der Waals surface area contributed by atoms with Gasteiger partial charge in [-0.3, -0.25) is 14.2 Å². The molecule has 1 atom stereocenters. The minimum Gasteiger partial charge on any atom is -0.327 e. The third-order valence-corrected chi connectivity index (χ3v) is 5.07. The number of thiazole rings is 1. The lowest BCUT2D eigenvalue weighted by Crippen LogP contribution is -2.35. The van der Waals surface area contributed by atoms with Gasteiger partial charge in [-0.25, -0.2) is 9.97 Å². The molecular weight excluding hydrogens is 324 g/mol. The summed E-state index contributed by atoms with van der Waals surface area (Å²) in [5.41, 5.74) is 2.70. The van der Waals surface area contributed by atoms with Crippen molar-refractivity contribution in [1.82, 2.24) is 19.4 Å². The van der Waals surface area contributed by atoms with E-state index in [1.807, 2.05) is 18.2 Å². The Morgan fingerprint density at radius 1 is 1.33 bits per heavy atom. The van der Waals surface area contributed by atoms with Crippen molar-refractivity contribution in [2.75, 3.05) is 6.54 Å². The highest BCUT2D eigenvalue weighted by molar-refractivity contribution is 7.07. The van der Waals surface area contributed by atoms with Crippen LogP contribution in [0.5, 0.6) is 0 Å². The van der Waals surface area contributed by atoms with Gasteiger partial charge in [0.15, 0.2) is 0 Å². The maximum Gasteiger partial charge on any atom is 0.273 e. The molecule has 7 heteroatoms. The number of fused-ring (bicyclic) bond motifs is 1. The van der Waals surface area contributed by atoms with Crippen LogP contribution in [-0.4, -0.2) is 31.9 Å². The first-order valence-corrected chi connectivity index (χ1v) is 8.76. The molecule has 1 unspecified atom stereocenters. The van der Waals surface area contributed by atoms with Gasteiger partial charge in [-0.2, -0.15) is 0 Å². The highest BCUT2D eigenvalue weighted by Crippen LogP contribution is 2.32. The monoisotopic (exact) mass is 340 g/mol. The standard InChI is InChI=1S/C17H16N4O2S/c1-20-15(19-12-6-3-2-5-11(12)16(20)22)14-7-4-8-21(14)17(23)13-9-24-10-18-13/h2-3,5-6,9-10,14H,4,7-8H2,1H3. The van der Waals surface area contributed by atoms with Gasteiger partial charge in [0.25, 0.3) is 11.5 Å². The molecule has 0 N–H and O–H groups in total. The molecular formula is C17H16N4O2S. The van der Waals surface area contributed by atoms with Gasteiger partial charge in [-0.1, -0.05) is 12.1 Å². The molecule has 6 nitrogen and oxygen atoms in total. The number of likely N-dealkylation sites (tertiary alicyclic amines) is 1. The summed E-state index contributed by atoms with van der Waals surface area (Å²) in [6, 6.07) is 7.12. The molecule has 0 saturated carbocycles. The van der Waals surface area contributed by atoms with Gasteiger partial charge in [-0.05, 0) is 25.0 Å². The highest BCUT2D eigenvalue weighted by Gasteiger charge is 2.34. The van der Waals surface area contributed by atoms with E-state index in [0.29, 0.717) is 29.0 Å².